The number of hydrogen-bond donors (Lipinski definition) is 1. The zero-order valence-corrected chi connectivity index (χ0v) is 29.3. The Labute approximate surface area is 292 Å². The van der Waals surface area contributed by atoms with Crippen molar-refractivity contribution >= 4 is 51.0 Å². The topological polar surface area (TPSA) is 87.1 Å². The zero-order valence-electron chi connectivity index (χ0n) is 27.7. The zero-order chi connectivity index (χ0) is 34.0. The van der Waals surface area contributed by atoms with Gasteiger partial charge >= 0.3 is 5.97 Å². The molecule has 5 heterocycles. The number of nitrogens with zero attached hydrogens (tertiary/aromatic N) is 5. The Bertz CT molecular complexity index is 2290. The van der Waals surface area contributed by atoms with Crippen LogP contribution in [0.2, 0.25) is 5.02 Å². The van der Waals surface area contributed by atoms with Crippen LogP contribution in [0.4, 0.5) is 4.39 Å². The van der Waals surface area contributed by atoms with Crippen molar-refractivity contribution in [1.82, 2.24) is 24.1 Å². The molecule has 0 radical (unpaired) electrons. The summed E-state index contributed by atoms with van der Waals surface area (Å²) in [4.78, 5) is 12.8. The summed E-state index contributed by atoms with van der Waals surface area (Å²) in [5.74, 6) is 0.868. The second kappa shape index (κ2) is 12.2. The molecule has 3 aromatic heterocycles. The average Bonchev–Trinajstić information content (AvgIpc) is 3.81. The van der Waals surface area contributed by atoms with Crippen LogP contribution in [0, 0.1) is 0 Å². The Morgan fingerprint density at radius 3 is 2.69 bits per heavy atom. The van der Waals surface area contributed by atoms with Crippen LogP contribution in [-0.4, -0.2) is 41.8 Å². The maximum absolute atomic E-state index is 16.7. The van der Waals surface area contributed by atoms with Gasteiger partial charge in [-0.25, -0.2) is 9.18 Å². The fourth-order valence-electron chi connectivity index (χ4n) is 7.77. The highest BCUT2D eigenvalue weighted by atomic mass is 35.5. The van der Waals surface area contributed by atoms with E-state index < -0.39 is 11.6 Å². The number of carboxylic acids is 1. The number of aromatic nitrogens is 5. The molecule has 49 heavy (non-hydrogen) atoms. The van der Waals surface area contributed by atoms with E-state index in [-0.39, 0.29) is 12.1 Å². The maximum Gasteiger partial charge on any atom is 0.352 e. The van der Waals surface area contributed by atoms with Gasteiger partial charge in [-0.2, -0.15) is 10.2 Å². The predicted octanol–water partition coefficient (Wildman–Crippen LogP) is 8.41. The number of thioether (sulfide) groups is 1. The number of rotatable bonds is 1. The van der Waals surface area contributed by atoms with Gasteiger partial charge in [0.2, 0.25) is 0 Å². The van der Waals surface area contributed by atoms with Gasteiger partial charge in [-0.05, 0) is 73.4 Å². The highest BCUT2D eigenvalue weighted by molar-refractivity contribution is 7.97. The number of benzene rings is 3. The molecule has 0 aliphatic carbocycles. The lowest BCUT2D eigenvalue weighted by Crippen LogP contribution is -2.20. The summed E-state index contributed by atoms with van der Waals surface area (Å²) >= 11 is 8.75. The largest absolute Gasteiger partial charge is 0.493 e. The van der Waals surface area contributed by atoms with Gasteiger partial charge in [0.15, 0.2) is 0 Å². The minimum absolute atomic E-state index is 0.160. The van der Waals surface area contributed by atoms with Gasteiger partial charge < -0.3 is 14.4 Å². The van der Waals surface area contributed by atoms with E-state index in [9.17, 15) is 9.90 Å². The van der Waals surface area contributed by atoms with Crippen LogP contribution in [-0.2, 0) is 57.1 Å². The molecule has 252 valence electrons. The molecular formula is C38H37ClFN5O3S. The van der Waals surface area contributed by atoms with Crippen molar-refractivity contribution in [1.29, 1.82) is 0 Å². The molecule has 1 atom stereocenters. The lowest BCUT2D eigenvalue weighted by atomic mass is 9.90. The first-order chi connectivity index (χ1) is 23.6. The monoisotopic (exact) mass is 697 g/mol. The number of carbonyl (C=O) groups is 1. The van der Waals surface area contributed by atoms with E-state index in [1.54, 1.807) is 27.9 Å². The van der Waals surface area contributed by atoms with Gasteiger partial charge in [0.05, 0.1) is 28.5 Å². The van der Waals surface area contributed by atoms with Crippen molar-refractivity contribution in [3.05, 3.63) is 99.2 Å². The van der Waals surface area contributed by atoms with Gasteiger partial charge in [-0.3, -0.25) is 9.36 Å². The summed E-state index contributed by atoms with van der Waals surface area (Å²) in [5, 5.41) is 23.5. The van der Waals surface area contributed by atoms with E-state index in [0.29, 0.717) is 47.3 Å². The van der Waals surface area contributed by atoms with Gasteiger partial charge in [-0.15, -0.1) is 11.8 Å². The fourth-order valence-corrected chi connectivity index (χ4v) is 8.86. The van der Waals surface area contributed by atoms with Crippen molar-refractivity contribution in [2.45, 2.75) is 62.7 Å². The number of carboxylic acid groups (broad SMARTS) is 1. The molecule has 8 nitrogen and oxygen atoms in total. The first-order valence-corrected chi connectivity index (χ1v) is 18.2. The summed E-state index contributed by atoms with van der Waals surface area (Å²) in [6.07, 6.45) is 3.08. The minimum Gasteiger partial charge on any atom is -0.493 e. The molecule has 0 saturated carbocycles. The summed E-state index contributed by atoms with van der Waals surface area (Å²) in [7, 11) is 3.68. The Balaban J connectivity index is 1.28. The van der Waals surface area contributed by atoms with Crippen molar-refractivity contribution in [2.75, 3.05) is 6.61 Å². The molecule has 0 amide bonds. The fraction of sp³-hybridized carbons (Fsp3) is 0.342. The van der Waals surface area contributed by atoms with Crippen molar-refractivity contribution in [3.8, 4) is 16.9 Å². The van der Waals surface area contributed by atoms with Crippen LogP contribution in [0.25, 0.3) is 32.8 Å². The lowest BCUT2D eigenvalue weighted by molar-refractivity contribution is 0.0685. The Hall–Kier alpha value is -4.28. The second-order valence-electron chi connectivity index (χ2n) is 13.4. The smallest absolute Gasteiger partial charge is 0.352 e. The molecule has 11 heteroatoms. The van der Waals surface area contributed by atoms with E-state index in [2.05, 4.69) is 4.68 Å². The van der Waals surface area contributed by atoms with E-state index in [4.69, 9.17) is 26.5 Å². The van der Waals surface area contributed by atoms with Crippen molar-refractivity contribution in [2.24, 2.45) is 14.1 Å². The predicted molar refractivity (Wildman–Crippen MR) is 193 cm³/mol. The number of aryl methyl sites for hydroxylation is 4. The van der Waals surface area contributed by atoms with Crippen LogP contribution < -0.4 is 4.74 Å². The third-order valence-corrected chi connectivity index (χ3v) is 11.4. The molecular weight excluding hydrogens is 661 g/mol. The molecule has 8 bridgehead atoms. The molecule has 1 N–H and O–H groups in total. The molecule has 6 aromatic rings. The van der Waals surface area contributed by atoms with E-state index in [1.165, 1.54) is 0 Å². The number of aromatic carboxylic acids is 1. The molecule has 8 rings (SSSR count). The number of alkyl halides is 1. The standard InChI is InChI=1S/C38H37ClFN5O3S/c1-38(40)19-25-18-24(41-44(25)3)20-49-21-30-34(31-11-6-14-45(31)42-30)33-29(39)13-12-28-27(36(37(46)47)43(2)35(28)33)10-7-15-48-32-17-23(38)16-22-8-4-5-9-26(22)32/h4-5,8-9,12-13,16-18H,6-7,10-11,14-15,19-21H2,1-3H3,(H,46,47). The molecule has 0 saturated heterocycles. The molecule has 1 unspecified atom stereocenters. The van der Waals surface area contributed by atoms with Gasteiger partial charge in [0, 0.05) is 71.9 Å². The van der Waals surface area contributed by atoms with E-state index in [0.717, 1.165) is 80.5 Å². The Morgan fingerprint density at radius 1 is 1.02 bits per heavy atom. The molecule has 2 aliphatic heterocycles. The first kappa shape index (κ1) is 32.0. The van der Waals surface area contributed by atoms with Gasteiger partial charge in [0.1, 0.15) is 17.1 Å². The molecule has 3 aromatic carbocycles. The number of halogens is 2. The van der Waals surface area contributed by atoms with E-state index in [1.807, 2.05) is 68.7 Å². The van der Waals surface area contributed by atoms with Crippen LogP contribution >= 0.6 is 23.4 Å². The maximum atomic E-state index is 16.7. The third-order valence-electron chi connectivity index (χ3n) is 10.1. The summed E-state index contributed by atoms with van der Waals surface area (Å²) < 4.78 is 28.7. The lowest BCUT2D eigenvalue weighted by Gasteiger charge is -2.23. The minimum atomic E-state index is -1.68. The average molecular weight is 698 g/mol. The SMILES string of the molecule is Cn1nc2cc1CC(C)(F)c1cc(c3ccccc3c1)OCCCc1c(C(=O)O)n(C)c3c(c(Cl)ccc13)-c1c(nn3c1CCC3)CSC2. The summed E-state index contributed by atoms with van der Waals surface area (Å²) in [6, 6.07) is 17.4. The number of fused-ring (bicyclic) bond motifs is 10. The van der Waals surface area contributed by atoms with Crippen molar-refractivity contribution < 1.29 is 19.0 Å². The first-order valence-electron chi connectivity index (χ1n) is 16.7. The summed E-state index contributed by atoms with van der Waals surface area (Å²) in [6.45, 7) is 2.78. The second-order valence-corrected chi connectivity index (χ2v) is 14.8. The highest BCUT2D eigenvalue weighted by Gasteiger charge is 2.31. The number of hydrogen-bond acceptors (Lipinski definition) is 5. The van der Waals surface area contributed by atoms with Crippen LogP contribution in [0.1, 0.15) is 64.2 Å². The summed E-state index contributed by atoms with van der Waals surface area (Å²) in [5.41, 5.74) is 6.23. The van der Waals surface area contributed by atoms with Crippen molar-refractivity contribution in [3.63, 3.8) is 0 Å². The highest BCUT2D eigenvalue weighted by Crippen LogP contribution is 2.44. The van der Waals surface area contributed by atoms with Gasteiger partial charge in [-0.1, -0.05) is 41.9 Å². The molecule has 2 aliphatic rings. The Morgan fingerprint density at radius 2 is 1.86 bits per heavy atom. The number of ether oxygens (including phenoxy) is 1. The Kier molecular flexibility index (Phi) is 7.99. The van der Waals surface area contributed by atoms with Crippen LogP contribution in [0.15, 0.2) is 54.6 Å². The van der Waals surface area contributed by atoms with Gasteiger partial charge in [0.25, 0.3) is 0 Å². The third kappa shape index (κ3) is 5.49. The quantitative estimate of drug-likeness (QED) is 0.186. The molecule has 0 spiro atoms. The van der Waals surface area contributed by atoms with E-state index >= 15 is 4.39 Å². The van der Waals surface area contributed by atoms with Crippen LogP contribution in [0.3, 0.4) is 0 Å². The molecule has 0 fully saturated rings. The van der Waals surface area contributed by atoms with Crippen LogP contribution in [0.5, 0.6) is 5.75 Å². The normalized spacial score (nSPS) is 18.3.